The molecule has 1 aromatic rings. The van der Waals surface area contributed by atoms with E-state index in [9.17, 15) is 4.79 Å². The number of allylic oxidation sites excluding steroid dienone is 1. The molecule has 1 aromatic carbocycles. The number of hydrogen-bond donors (Lipinski definition) is 1. The van der Waals surface area contributed by atoms with E-state index in [1.54, 1.807) is 7.11 Å². The SMILES string of the molecule is COc1cccc(N/C(C)=C2\CCOC2=O)c1. The summed E-state index contributed by atoms with van der Waals surface area (Å²) < 4.78 is 10.0. The zero-order valence-electron chi connectivity index (χ0n) is 9.95. The average molecular weight is 233 g/mol. The number of carbonyl (C=O) groups is 1. The monoisotopic (exact) mass is 233 g/mol. The Kier molecular flexibility index (Phi) is 3.32. The molecular weight excluding hydrogens is 218 g/mol. The molecule has 0 bridgehead atoms. The van der Waals surface area contributed by atoms with E-state index in [-0.39, 0.29) is 5.97 Å². The highest BCUT2D eigenvalue weighted by Crippen LogP contribution is 2.22. The third kappa shape index (κ3) is 2.58. The second-order valence-electron chi connectivity index (χ2n) is 3.85. The quantitative estimate of drug-likeness (QED) is 0.643. The smallest absolute Gasteiger partial charge is 0.335 e. The summed E-state index contributed by atoms with van der Waals surface area (Å²) in [6, 6.07) is 7.57. The number of rotatable bonds is 3. The minimum absolute atomic E-state index is 0.224. The molecule has 0 radical (unpaired) electrons. The van der Waals surface area contributed by atoms with Gasteiger partial charge in [0.2, 0.25) is 0 Å². The highest BCUT2D eigenvalue weighted by atomic mass is 16.5. The number of anilines is 1. The number of nitrogens with one attached hydrogen (secondary N) is 1. The fraction of sp³-hybridized carbons (Fsp3) is 0.308. The zero-order valence-corrected chi connectivity index (χ0v) is 9.95. The molecule has 1 fully saturated rings. The lowest BCUT2D eigenvalue weighted by Crippen LogP contribution is -2.04. The van der Waals surface area contributed by atoms with Gasteiger partial charge in [-0.3, -0.25) is 0 Å². The van der Waals surface area contributed by atoms with Crippen molar-refractivity contribution in [1.29, 1.82) is 0 Å². The summed E-state index contributed by atoms with van der Waals surface area (Å²) in [5.74, 6) is 0.555. The van der Waals surface area contributed by atoms with Gasteiger partial charge in [0, 0.05) is 23.9 Å². The molecule has 4 nitrogen and oxygen atoms in total. The van der Waals surface area contributed by atoms with Crippen molar-refractivity contribution in [3.8, 4) is 5.75 Å². The van der Waals surface area contributed by atoms with Crippen molar-refractivity contribution in [2.75, 3.05) is 19.0 Å². The number of esters is 1. The van der Waals surface area contributed by atoms with Gasteiger partial charge in [0.05, 0.1) is 19.3 Å². The summed E-state index contributed by atoms with van der Waals surface area (Å²) in [5.41, 5.74) is 2.45. The first kappa shape index (κ1) is 11.5. The average Bonchev–Trinajstić information content (AvgIpc) is 2.76. The van der Waals surface area contributed by atoms with Crippen molar-refractivity contribution in [2.24, 2.45) is 0 Å². The topological polar surface area (TPSA) is 47.6 Å². The second kappa shape index (κ2) is 4.91. The van der Waals surface area contributed by atoms with Gasteiger partial charge in [-0.25, -0.2) is 4.79 Å². The van der Waals surface area contributed by atoms with Gasteiger partial charge in [-0.15, -0.1) is 0 Å². The molecule has 0 spiro atoms. The van der Waals surface area contributed by atoms with E-state index in [4.69, 9.17) is 9.47 Å². The summed E-state index contributed by atoms with van der Waals surface area (Å²) in [7, 11) is 1.62. The van der Waals surface area contributed by atoms with Crippen LogP contribution in [0.1, 0.15) is 13.3 Å². The van der Waals surface area contributed by atoms with E-state index >= 15 is 0 Å². The summed E-state index contributed by atoms with van der Waals surface area (Å²) in [5, 5.41) is 3.19. The van der Waals surface area contributed by atoms with Crippen LogP contribution in [0, 0.1) is 0 Å². The molecule has 1 aliphatic heterocycles. The third-order valence-corrected chi connectivity index (χ3v) is 2.69. The van der Waals surface area contributed by atoms with Gasteiger partial charge >= 0.3 is 5.97 Å². The maximum Gasteiger partial charge on any atom is 0.335 e. The maximum atomic E-state index is 11.4. The van der Waals surface area contributed by atoms with Crippen LogP contribution in [0.5, 0.6) is 5.75 Å². The Hall–Kier alpha value is -1.97. The number of carbonyl (C=O) groups excluding carboxylic acids is 1. The van der Waals surface area contributed by atoms with E-state index in [1.807, 2.05) is 31.2 Å². The molecule has 1 N–H and O–H groups in total. The van der Waals surface area contributed by atoms with Crippen LogP contribution >= 0.6 is 0 Å². The molecule has 0 unspecified atom stereocenters. The summed E-state index contributed by atoms with van der Waals surface area (Å²) in [4.78, 5) is 11.4. The predicted octanol–water partition coefficient (Wildman–Crippen LogP) is 2.33. The van der Waals surface area contributed by atoms with Gasteiger partial charge in [0.25, 0.3) is 0 Å². The van der Waals surface area contributed by atoms with Gasteiger partial charge in [-0.05, 0) is 19.1 Å². The number of cyclic esters (lactones) is 1. The second-order valence-corrected chi connectivity index (χ2v) is 3.85. The lowest BCUT2D eigenvalue weighted by atomic mass is 10.2. The number of hydrogen-bond acceptors (Lipinski definition) is 4. The van der Waals surface area contributed by atoms with Crippen LogP contribution in [0.25, 0.3) is 0 Å². The van der Waals surface area contributed by atoms with Crippen LogP contribution in [0.4, 0.5) is 5.69 Å². The third-order valence-electron chi connectivity index (χ3n) is 2.69. The highest BCUT2D eigenvalue weighted by Gasteiger charge is 2.21. The van der Waals surface area contributed by atoms with Gasteiger partial charge in [0.1, 0.15) is 5.75 Å². The molecule has 1 saturated heterocycles. The number of methoxy groups -OCH3 is 1. The molecule has 2 rings (SSSR count). The molecule has 1 aliphatic rings. The van der Waals surface area contributed by atoms with E-state index in [0.717, 1.165) is 17.1 Å². The van der Waals surface area contributed by atoms with Crippen molar-refractivity contribution in [3.63, 3.8) is 0 Å². The van der Waals surface area contributed by atoms with Crippen LogP contribution in [-0.2, 0) is 9.53 Å². The fourth-order valence-corrected chi connectivity index (χ4v) is 1.77. The number of benzene rings is 1. The molecule has 0 amide bonds. The van der Waals surface area contributed by atoms with Crippen molar-refractivity contribution in [2.45, 2.75) is 13.3 Å². The van der Waals surface area contributed by atoms with Crippen molar-refractivity contribution in [1.82, 2.24) is 0 Å². The molecule has 17 heavy (non-hydrogen) atoms. The van der Waals surface area contributed by atoms with Gasteiger partial charge in [0.15, 0.2) is 0 Å². The highest BCUT2D eigenvalue weighted by molar-refractivity contribution is 5.91. The minimum atomic E-state index is -0.224. The molecule has 90 valence electrons. The summed E-state index contributed by atoms with van der Waals surface area (Å²) >= 11 is 0. The Labute approximate surface area is 100 Å². The summed E-state index contributed by atoms with van der Waals surface area (Å²) in [6.45, 7) is 2.35. The molecule has 1 heterocycles. The zero-order chi connectivity index (χ0) is 12.3. The molecule has 0 aromatic heterocycles. The van der Waals surface area contributed by atoms with Crippen molar-refractivity contribution in [3.05, 3.63) is 35.5 Å². The van der Waals surface area contributed by atoms with Gasteiger partial charge < -0.3 is 14.8 Å². The Bertz CT molecular complexity index is 465. The molecule has 0 saturated carbocycles. The number of ether oxygens (including phenoxy) is 2. The maximum absolute atomic E-state index is 11.4. The Morgan fingerprint density at radius 1 is 1.47 bits per heavy atom. The summed E-state index contributed by atoms with van der Waals surface area (Å²) in [6.07, 6.45) is 0.668. The molecule has 0 atom stereocenters. The van der Waals surface area contributed by atoms with E-state index in [0.29, 0.717) is 18.6 Å². The first-order chi connectivity index (χ1) is 8.20. The Morgan fingerprint density at radius 2 is 2.29 bits per heavy atom. The van der Waals surface area contributed by atoms with Crippen LogP contribution < -0.4 is 10.1 Å². The van der Waals surface area contributed by atoms with Crippen molar-refractivity contribution < 1.29 is 14.3 Å². The van der Waals surface area contributed by atoms with Crippen LogP contribution in [0.2, 0.25) is 0 Å². The van der Waals surface area contributed by atoms with Gasteiger partial charge in [-0.2, -0.15) is 0 Å². The minimum Gasteiger partial charge on any atom is -0.497 e. The predicted molar refractivity (Wildman–Crippen MR) is 64.9 cm³/mol. The normalized spacial score (nSPS) is 17.6. The van der Waals surface area contributed by atoms with Gasteiger partial charge in [-0.1, -0.05) is 6.07 Å². The van der Waals surface area contributed by atoms with Crippen LogP contribution in [0.15, 0.2) is 35.5 Å². The van der Waals surface area contributed by atoms with E-state index in [1.165, 1.54) is 0 Å². The van der Waals surface area contributed by atoms with Crippen LogP contribution in [0.3, 0.4) is 0 Å². The first-order valence-electron chi connectivity index (χ1n) is 5.48. The Balaban J connectivity index is 2.17. The van der Waals surface area contributed by atoms with E-state index in [2.05, 4.69) is 5.32 Å². The lowest BCUT2D eigenvalue weighted by Gasteiger charge is -2.09. The van der Waals surface area contributed by atoms with E-state index < -0.39 is 0 Å². The fourth-order valence-electron chi connectivity index (χ4n) is 1.77. The first-order valence-corrected chi connectivity index (χ1v) is 5.48. The standard InChI is InChI=1S/C13H15NO3/c1-9(12-6-7-17-13(12)15)14-10-4-3-5-11(8-10)16-2/h3-5,8,14H,6-7H2,1-2H3/b12-9+. The molecule has 0 aliphatic carbocycles. The van der Waals surface area contributed by atoms with Crippen LogP contribution in [-0.4, -0.2) is 19.7 Å². The largest absolute Gasteiger partial charge is 0.497 e. The van der Waals surface area contributed by atoms with Crippen molar-refractivity contribution >= 4 is 11.7 Å². The molecule has 4 heteroatoms. The molecular formula is C13H15NO3. The lowest BCUT2D eigenvalue weighted by molar-refractivity contribution is -0.135. The Morgan fingerprint density at radius 3 is 2.94 bits per heavy atom.